The second-order valence-electron chi connectivity index (χ2n) is 5.05. The van der Waals surface area contributed by atoms with Crippen molar-refractivity contribution in [2.75, 3.05) is 0 Å². The van der Waals surface area contributed by atoms with Crippen molar-refractivity contribution in [3.63, 3.8) is 0 Å². The van der Waals surface area contributed by atoms with Gasteiger partial charge >= 0.3 is 0 Å². The highest BCUT2D eigenvalue weighted by atomic mass is 32.2. The molecule has 0 radical (unpaired) electrons. The number of nitriles is 1. The van der Waals surface area contributed by atoms with Crippen LogP contribution in [0.25, 0.3) is 0 Å². The molecule has 1 aromatic heterocycles. The minimum Gasteiger partial charge on any atom is -0.339 e. The molecule has 1 atom stereocenters. The molecule has 0 N–H and O–H groups in total. The lowest BCUT2D eigenvalue weighted by molar-refractivity contribution is 0.351. The molecule has 1 rings (SSSR count). The van der Waals surface area contributed by atoms with Crippen molar-refractivity contribution in [3.05, 3.63) is 11.7 Å². The Morgan fingerprint density at radius 1 is 1.47 bits per heavy atom. The Kier molecular flexibility index (Phi) is 5.01. The minimum absolute atomic E-state index is 0.163. The Bertz CT molecular complexity index is 389. The average molecular weight is 253 g/mol. The monoisotopic (exact) mass is 253 g/mol. The van der Waals surface area contributed by atoms with Crippen LogP contribution >= 0.6 is 11.8 Å². The van der Waals surface area contributed by atoms with Crippen LogP contribution in [0.15, 0.2) is 4.52 Å². The van der Waals surface area contributed by atoms with Gasteiger partial charge in [0.1, 0.15) is 0 Å². The van der Waals surface area contributed by atoms with E-state index in [1.54, 1.807) is 11.8 Å². The van der Waals surface area contributed by atoms with Crippen molar-refractivity contribution in [3.8, 4) is 6.07 Å². The first kappa shape index (κ1) is 14.0. The molecule has 0 fully saturated rings. The van der Waals surface area contributed by atoms with Crippen LogP contribution in [0.2, 0.25) is 0 Å². The topological polar surface area (TPSA) is 62.7 Å². The molecule has 0 spiro atoms. The summed E-state index contributed by atoms with van der Waals surface area (Å²) >= 11 is 1.79. The second-order valence-corrected chi connectivity index (χ2v) is 6.85. The Morgan fingerprint density at radius 3 is 2.76 bits per heavy atom. The van der Waals surface area contributed by atoms with E-state index in [4.69, 9.17) is 9.78 Å². The van der Waals surface area contributed by atoms with Gasteiger partial charge in [-0.15, -0.1) is 11.8 Å². The number of thioether (sulfide) groups is 1. The zero-order valence-electron chi connectivity index (χ0n) is 10.9. The van der Waals surface area contributed by atoms with E-state index in [2.05, 4.69) is 37.0 Å². The van der Waals surface area contributed by atoms with Crippen LogP contribution < -0.4 is 0 Å². The van der Waals surface area contributed by atoms with Crippen LogP contribution in [0.3, 0.4) is 0 Å². The third kappa shape index (κ3) is 5.22. The van der Waals surface area contributed by atoms with Crippen LogP contribution in [0.5, 0.6) is 0 Å². The van der Waals surface area contributed by atoms with E-state index in [1.807, 2.05) is 6.92 Å². The van der Waals surface area contributed by atoms with E-state index in [1.165, 1.54) is 0 Å². The number of rotatable bonds is 5. The fraction of sp³-hybridized carbons (Fsp3) is 0.750. The predicted molar refractivity (Wildman–Crippen MR) is 68.6 cm³/mol. The average Bonchev–Trinajstić information content (AvgIpc) is 2.70. The number of hydrogen-bond acceptors (Lipinski definition) is 5. The zero-order chi connectivity index (χ0) is 12.9. The normalized spacial score (nSPS) is 13.4. The summed E-state index contributed by atoms with van der Waals surface area (Å²) in [6.45, 7) is 8.49. The summed E-state index contributed by atoms with van der Waals surface area (Å²) in [5.41, 5.74) is 0. The Hall–Kier alpha value is -1.02. The molecule has 5 heteroatoms. The molecule has 0 aliphatic heterocycles. The Labute approximate surface area is 107 Å². The van der Waals surface area contributed by atoms with Gasteiger partial charge in [-0.05, 0) is 6.42 Å². The third-order valence-corrected chi connectivity index (χ3v) is 3.50. The summed E-state index contributed by atoms with van der Waals surface area (Å²) < 4.78 is 5.41. The molecule has 0 bridgehead atoms. The summed E-state index contributed by atoms with van der Waals surface area (Å²) in [5.74, 6) is 2.31. The smallest absolute Gasteiger partial charge is 0.229 e. The van der Waals surface area contributed by atoms with Gasteiger partial charge in [0.15, 0.2) is 5.82 Å². The van der Waals surface area contributed by atoms with Gasteiger partial charge < -0.3 is 4.52 Å². The molecule has 1 heterocycles. The number of aromatic nitrogens is 2. The van der Waals surface area contributed by atoms with Crippen molar-refractivity contribution in [2.24, 2.45) is 0 Å². The maximum Gasteiger partial charge on any atom is 0.229 e. The highest BCUT2D eigenvalue weighted by molar-refractivity contribution is 7.99. The summed E-state index contributed by atoms with van der Waals surface area (Å²) in [6.07, 6.45) is 1.29. The maximum atomic E-state index is 8.52. The summed E-state index contributed by atoms with van der Waals surface area (Å²) in [7, 11) is 0. The van der Waals surface area contributed by atoms with Crippen molar-refractivity contribution >= 4 is 11.8 Å². The van der Waals surface area contributed by atoms with Gasteiger partial charge in [0.05, 0.1) is 11.8 Å². The Morgan fingerprint density at radius 2 is 2.18 bits per heavy atom. The number of nitrogens with zero attached hydrogens (tertiary/aromatic N) is 3. The van der Waals surface area contributed by atoms with Gasteiger partial charge in [0.2, 0.25) is 5.89 Å². The fourth-order valence-electron chi connectivity index (χ4n) is 1.21. The van der Waals surface area contributed by atoms with Gasteiger partial charge in [0.25, 0.3) is 0 Å². The van der Waals surface area contributed by atoms with Crippen molar-refractivity contribution in [1.29, 1.82) is 5.26 Å². The molecular formula is C12H19N3OS. The van der Waals surface area contributed by atoms with Crippen LogP contribution in [0, 0.1) is 11.3 Å². The maximum absolute atomic E-state index is 8.52. The molecule has 1 unspecified atom stereocenters. The molecule has 0 aliphatic rings. The van der Waals surface area contributed by atoms with Gasteiger partial charge in [-0.3, -0.25) is 0 Å². The molecule has 94 valence electrons. The van der Waals surface area contributed by atoms with E-state index in [9.17, 15) is 0 Å². The van der Waals surface area contributed by atoms with E-state index >= 15 is 0 Å². The number of hydrogen-bond donors (Lipinski definition) is 0. The summed E-state index contributed by atoms with van der Waals surface area (Å²) in [6, 6.07) is 2.13. The first-order valence-electron chi connectivity index (χ1n) is 5.76. The predicted octanol–water partition coefficient (Wildman–Crippen LogP) is 3.51. The van der Waals surface area contributed by atoms with E-state index in [0.29, 0.717) is 12.3 Å². The van der Waals surface area contributed by atoms with Gasteiger partial charge in [-0.1, -0.05) is 32.9 Å². The summed E-state index contributed by atoms with van der Waals surface area (Å²) in [4.78, 5) is 4.36. The first-order valence-corrected chi connectivity index (χ1v) is 6.74. The van der Waals surface area contributed by atoms with Crippen molar-refractivity contribution < 1.29 is 4.52 Å². The van der Waals surface area contributed by atoms with Gasteiger partial charge in [-0.25, -0.2) is 0 Å². The fourth-order valence-corrected chi connectivity index (χ4v) is 1.89. The van der Waals surface area contributed by atoms with Crippen LogP contribution in [0.1, 0.15) is 58.2 Å². The molecule has 0 aliphatic carbocycles. The van der Waals surface area contributed by atoms with Gasteiger partial charge in [-0.2, -0.15) is 10.2 Å². The third-order valence-electron chi connectivity index (χ3n) is 2.23. The highest BCUT2D eigenvalue weighted by Crippen LogP contribution is 2.27. The molecular weight excluding hydrogens is 234 g/mol. The zero-order valence-corrected chi connectivity index (χ0v) is 11.7. The van der Waals surface area contributed by atoms with Gasteiger partial charge in [0, 0.05) is 17.1 Å². The SMILES string of the molecule is CC(CCC#N)c1nc(CSC(C)(C)C)no1. The van der Waals surface area contributed by atoms with Crippen molar-refractivity contribution in [1.82, 2.24) is 10.1 Å². The lowest BCUT2D eigenvalue weighted by atomic mass is 10.1. The molecule has 4 nitrogen and oxygen atoms in total. The largest absolute Gasteiger partial charge is 0.339 e. The molecule has 0 saturated carbocycles. The minimum atomic E-state index is 0.163. The van der Waals surface area contributed by atoms with Crippen molar-refractivity contribution in [2.45, 2.75) is 57.0 Å². The molecule has 0 amide bonds. The highest BCUT2D eigenvalue weighted by Gasteiger charge is 2.16. The second kappa shape index (κ2) is 6.06. The van der Waals surface area contributed by atoms with Crippen LogP contribution in [0.4, 0.5) is 0 Å². The molecule has 0 aromatic carbocycles. The lowest BCUT2D eigenvalue weighted by Gasteiger charge is -2.15. The van der Waals surface area contributed by atoms with E-state index in [0.717, 1.165) is 18.0 Å². The first-order chi connectivity index (χ1) is 7.92. The lowest BCUT2D eigenvalue weighted by Crippen LogP contribution is -2.07. The standard InChI is InChI=1S/C12H19N3OS/c1-9(6-5-7-13)11-14-10(15-16-11)8-17-12(2,3)4/h9H,5-6,8H2,1-4H3. The quantitative estimate of drug-likeness (QED) is 0.803. The van der Waals surface area contributed by atoms with Crippen LogP contribution in [-0.2, 0) is 5.75 Å². The van der Waals surface area contributed by atoms with Crippen LogP contribution in [-0.4, -0.2) is 14.9 Å². The van der Waals surface area contributed by atoms with E-state index < -0.39 is 0 Å². The Balaban J connectivity index is 2.51. The molecule has 0 saturated heterocycles. The molecule has 17 heavy (non-hydrogen) atoms. The molecule has 1 aromatic rings. The van der Waals surface area contributed by atoms with E-state index in [-0.39, 0.29) is 10.7 Å². The summed E-state index contributed by atoms with van der Waals surface area (Å²) in [5, 5.41) is 12.5.